The number of nitrogens with one attached hydrogen (secondary N) is 2. The van der Waals surface area contributed by atoms with Crippen molar-refractivity contribution in [1.82, 2.24) is 24.8 Å². The van der Waals surface area contributed by atoms with Gasteiger partial charge in [0.05, 0.1) is 16.8 Å². The zero-order chi connectivity index (χ0) is 36.7. The molecule has 0 bridgehead atoms. The lowest BCUT2D eigenvalue weighted by molar-refractivity contribution is -0.384. The van der Waals surface area contributed by atoms with E-state index in [1.165, 1.54) is 48.9 Å². The van der Waals surface area contributed by atoms with Crippen LogP contribution in [0.5, 0.6) is 5.75 Å². The monoisotopic (exact) mass is 744 g/mol. The number of pyridine rings is 1. The number of aromatic hydroxyl groups is 1. The number of hydrogen-bond acceptors (Lipinski definition) is 13. The maximum Gasteiger partial charge on any atom is 0.293 e. The molecular formula is C35H33FN8O6S2. The third-order valence-corrected chi connectivity index (χ3v) is 10.6. The van der Waals surface area contributed by atoms with Crippen molar-refractivity contribution in [1.29, 1.82) is 0 Å². The fourth-order valence-corrected chi connectivity index (χ4v) is 7.69. The van der Waals surface area contributed by atoms with Crippen LogP contribution >= 0.6 is 11.8 Å². The van der Waals surface area contributed by atoms with Crippen molar-refractivity contribution in [3.8, 4) is 16.9 Å². The molecule has 0 saturated carbocycles. The molecule has 3 heterocycles. The van der Waals surface area contributed by atoms with Gasteiger partial charge in [-0.3, -0.25) is 24.8 Å². The van der Waals surface area contributed by atoms with Gasteiger partial charge in [0, 0.05) is 79.5 Å². The molecule has 5 aromatic rings. The lowest BCUT2D eigenvalue weighted by Crippen LogP contribution is -2.46. The highest BCUT2D eigenvalue weighted by molar-refractivity contribution is 7.99. The van der Waals surface area contributed by atoms with Crippen molar-refractivity contribution in [3.05, 3.63) is 125 Å². The Bertz CT molecular complexity index is 2170. The highest BCUT2D eigenvalue weighted by Crippen LogP contribution is 2.37. The molecule has 0 spiro atoms. The fraction of sp³-hybridized carbons (Fsp3) is 0.200. The number of piperazine rings is 1. The molecule has 0 radical (unpaired) electrons. The van der Waals surface area contributed by atoms with Crippen LogP contribution in [0.1, 0.15) is 16.1 Å². The summed E-state index contributed by atoms with van der Waals surface area (Å²) in [6, 6.07) is 21.1. The van der Waals surface area contributed by atoms with Gasteiger partial charge in [0.1, 0.15) is 22.1 Å². The maximum absolute atomic E-state index is 15.1. The van der Waals surface area contributed by atoms with E-state index in [-0.39, 0.29) is 22.8 Å². The first-order valence-electron chi connectivity index (χ1n) is 16.1. The summed E-state index contributed by atoms with van der Waals surface area (Å²) < 4.78 is 44.6. The van der Waals surface area contributed by atoms with E-state index in [1.54, 1.807) is 28.8 Å². The summed E-state index contributed by atoms with van der Waals surface area (Å²) in [5.74, 6) is -0.990. The maximum atomic E-state index is 15.1. The number of nitro groups is 1. The number of amides is 1. The number of carbonyl (C=O) groups is 1. The quantitative estimate of drug-likeness (QED) is 0.0639. The average molecular weight is 745 g/mol. The molecule has 2 aromatic heterocycles. The van der Waals surface area contributed by atoms with Gasteiger partial charge in [0.2, 0.25) is 0 Å². The number of sulfonamides is 1. The summed E-state index contributed by atoms with van der Waals surface area (Å²) in [4.78, 5) is 32.8. The van der Waals surface area contributed by atoms with E-state index in [4.69, 9.17) is 0 Å². The van der Waals surface area contributed by atoms with Crippen LogP contribution in [0.25, 0.3) is 11.1 Å². The standard InChI is InChI=1S/C35H33FN8O6S2/c36-29-17-24(8-9-28(29)25-18-26(45)22-37-21-25)23-42-12-14-43(15-13-42)33-19-31(38-11-16-51-27-5-2-1-3-6-27)32(44(47)48)20-34(33)52(49,50)41-35(46)30-7-4-10-39-40-30/h1-10,17-22,38,45H,11-16,23H2,(H,41,46). The number of nitro benzene ring substituents is 1. The Hall–Kier alpha value is -5.65. The van der Waals surface area contributed by atoms with Crippen molar-refractivity contribution in [2.75, 3.05) is 48.7 Å². The molecule has 17 heteroatoms. The molecule has 268 valence electrons. The first kappa shape index (κ1) is 36.2. The average Bonchev–Trinajstić information content (AvgIpc) is 3.14. The molecule has 1 fully saturated rings. The summed E-state index contributed by atoms with van der Waals surface area (Å²) in [5, 5.41) is 32.4. The topological polar surface area (TPSA) is 184 Å². The minimum Gasteiger partial charge on any atom is -0.506 e. The lowest BCUT2D eigenvalue weighted by atomic mass is 10.0. The van der Waals surface area contributed by atoms with E-state index >= 15 is 4.39 Å². The molecule has 1 saturated heterocycles. The van der Waals surface area contributed by atoms with Gasteiger partial charge in [-0.15, -0.1) is 16.9 Å². The highest BCUT2D eigenvalue weighted by atomic mass is 32.2. The van der Waals surface area contributed by atoms with Gasteiger partial charge >= 0.3 is 0 Å². The largest absolute Gasteiger partial charge is 0.506 e. The Morgan fingerprint density at radius 2 is 1.79 bits per heavy atom. The number of anilines is 2. The van der Waals surface area contributed by atoms with Crippen LogP contribution in [-0.2, 0) is 16.6 Å². The highest BCUT2D eigenvalue weighted by Gasteiger charge is 2.31. The molecule has 6 rings (SSSR count). The number of benzene rings is 3. The number of thioether (sulfide) groups is 1. The Labute approximate surface area is 302 Å². The predicted octanol–water partition coefficient (Wildman–Crippen LogP) is 4.94. The van der Waals surface area contributed by atoms with Crippen molar-refractivity contribution in [2.45, 2.75) is 16.3 Å². The fourth-order valence-electron chi connectivity index (χ4n) is 5.71. The molecule has 3 N–H and O–H groups in total. The van der Waals surface area contributed by atoms with E-state index < -0.39 is 37.3 Å². The Kier molecular flexibility index (Phi) is 11.2. The van der Waals surface area contributed by atoms with Gasteiger partial charge in [-0.25, -0.2) is 17.5 Å². The molecule has 0 aliphatic carbocycles. The molecule has 0 unspecified atom stereocenters. The minimum absolute atomic E-state index is 0.0688. The van der Waals surface area contributed by atoms with Crippen LogP contribution in [0.2, 0.25) is 0 Å². The summed E-state index contributed by atoms with van der Waals surface area (Å²) in [6.07, 6.45) is 4.07. The normalized spacial score (nSPS) is 13.4. The molecule has 3 aromatic carbocycles. The van der Waals surface area contributed by atoms with Crippen LogP contribution in [-0.4, -0.2) is 82.9 Å². The summed E-state index contributed by atoms with van der Waals surface area (Å²) in [5.41, 5.74) is 1.07. The van der Waals surface area contributed by atoms with Gasteiger partial charge in [-0.1, -0.05) is 30.3 Å². The minimum atomic E-state index is -4.64. The molecule has 1 aliphatic heterocycles. The van der Waals surface area contributed by atoms with Crippen LogP contribution in [0.15, 0.2) is 107 Å². The van der Waals surface area contributed by atoms with Gasteiger partial charge < -0.3 is 15.3 Å². The second kappa shape index (κ2) is 16.1. The lowest BCUT2D eigenvalue weighted by Gasteiger charge is -2.37. The zero-order valence-corrected chi connectivity index (χ0v) is 29.2. The van der Waals surface area contributed by atoms with E-state index in [1.807, 2.05) is 35.1 Å². The van der Waals surface area contributed by atoms with Gasteiger partial charge in [0.25, 0.3) is 21.6 Å². The van der Waals surface area contributed by atoms with Crippen molar-refractivity contribution < 1.29 is 27.6 Å². The molecule has 14 nitrogen and oxygen atoms in total. The van der Waals surface area contributed by atoms with Gasteiger partial charge in [0.15, 0.2) is 5.69 Å². The van der Waals surface area contributed by atoms with Crippen molar-refractivity contribution in [3.63, 3.8) is 0 Å². The Morgan fingerprint density at radius 3 is 2.48 bits per heavy atom. The zero-order valence-electron chi connectivity index (χ0n) is 27.6. The third kappa shape index (κ3) is 8.79. The summed E-state index contributed by atoms with van der Waals surface area (Å²) in [6.45, 7) is 2.33. The van der Waals surface area contributed by atoms with Gasteiger partial charge in [-0.2, -0.15) is 5.10 Å². The van der Waals surface area contributed by atoms with E-state index in [0.717, 1.165) is 11.0 Å². The molecule has 52 heavy (non-hydrogen) atoms. The second-order valence-electron chi connectivity index (χ2n) is 11.7. The molecule has 1 aliphatic rings. The Morgan fingerprint density at radius 1 is 1.00 bits per heavy atom. The number of rotatable bonds is 13. The number of aromatic nitrogens is 3. The summed E-state index contributed by atoms with van der Waals surface area (Å²) >= 11 is 1.56. The molecule has 1 amide bonds. The van der Waals surface area contributed by atoms with E-state index in [9.17, 15) is 28.4 Å². The third-order valence-electron chi connectivity index (χ3n) is 8.21. The number of nitrogens with zero attached hydrogens (tertiary/aromatic N) is 6. The first-order valence-corrected chi connectivity index (χ1v) is 18.5. The van der Waals surface area contributed by atoms with Gasteiger partial charge in [-0.05, 0) is 48.0 Å². The number of hydrogen-bond donors (Lipinski definition) is 3. The Balaban J connectivity index is 1.22. The van der Waals surface area contributed by atoms with Crippen molar-refractivity contribution >= 4 is 44.8 Å². The van der Waals surface area contributed by atoms with Crippen molar-refractivity contribution in [2.24, 2.45) is 0 Å². The molecular weight excluding hydrogens is 712 g/mol. The number of halogens is 1. The first-order chi connectivity index (χ1) is 25.1. The smallest absolute Gasteiger partial charge is 0.293 e. The van der Waals surface area contributed by atoms with E-state index in [2.05, 4.69) is 25.4 Å². The van der Waals surface area contributed by atoms with E-state index in [0.29, 0.717) is 61.7 Å². The van der Waals surface area contributed by atoms with Crippen LogP contribution in [0.3, 0.4) is 0 Å². The van der Waals surface area contributed by atoms with Crippen LogP contribution < -0.4 is 14.9 Å². The summed E-state index contributed by atoms with van der Waals surface area (Å²) in [7, 11) is -4.64. The van der Waals surface area contributed by atoms with Crippen LogP contribution in [0, 0.1) is 15.9 Å². The SMILES string of the molecule is O=C(NS(=O)(=O)c1cc([N+](=O)[O-])c(NCCSc2ccccc2)cc1N1CCN(Cc2ccc(-c3cncc(O)c3)c(F)c2)CC1)c1cccnn1. The van der Waals surface area contributed by atoms with Crippen LogP contribution in [0.4, 0.5) is 21.5 Å². The predicted molar refractivity (Wildman–Crippen MR) is 194 cm³/mol. The number of carbonyl (C=O) groups excluding carboxylic acids is 1. The second-order valence-corrected chi connectivity index (χ2v) is 14.6. The molecule has 0 atom stereocenters.